The lowest BCUT2D eigenvalue weighted by Gasteiger charge is -2.24. The molecule has 25 heavy (non-hydrogen) atoms. The lowest BCUT2D eigenvalue weighted by atomic mass is 9.91. The van der Waals surface area contributed by atoms with E-state index in [4.69, 9.17) is 0 Å². The van der Waals surface area contributed by atoms with Gasteiger partial charge in [0.2, 0.25) is 0 Å². The molecule has 1 aliphatic carbocycles. The molecule has 0 radical (unpaired) electrons. The second-order valence-electron chi connectivity index (χ2n) is 6.66. The molecule has 1 atom stereocenters. The van der Waals surface area contributed by atoms with E-state index in [1.165, 1.54) is 0 Å². The SMILES string of the molecule is C=CCn1nc(C(=O)O)c2c1CCC(NCc1nnc3n1CCC3)C2. The Kier molecular flexibility index (Phi) is 4.12. The fourth-order valence-electron chi connectivity index (χ4n) is 3.88. The molecule has 0 aromatic carbocycles. The first-order valence-corrected chi connectivity index (χ1v) is 8.74. The van der Waals surface area contributed by atoms with E-state index in [0.29, 0.717) is 19.5 Å². The van der Waals surface area contributed by atoms with Crippen LogP contribution >= 0.6 is 0 Å². The van der Waals surface area contributed by atoms with Crippen LogP contribution in [0.25, 0.3) is 0 Å². The van der Waals surface area contributed by atoms with Gasteiger partial charge in [-0.25, -0.2) is 4.79 Å². The Morgan fingerprint density at radius 2 is 2.28 bits per heavy atom. The number of hydrogen-bond donors (Lipinski definition) is 2. The lowest BCUT2D eigenvalue weighted by molar-refractivity contribution is 0.0688. The maximum absolute atomic E-state index is 11.5. The summed E-state index contributed by atoms with van der Waals surface area (Å²) in [7, 11) is 0. The van der Waals surface area contributed by atoms with Crippen LogP contribution in [0.3, 0.4) is 0 Å². The van der Waals surface area contributed by atoms with Crippen LogP contribution in [0, 0.1) is 0 Å². The van der Waals surface area contributed by atoms with Gasteiger partial charge in [0.25, 0.3) is 0 Å². The van der Waals surface area contributed by atoms with Crippen LogP contribution in [-0.2, 0) is 38.9 Å². The summed E-state index contributed by atoms with van der Waals surface area (Å²) in [5.74, 6) is 1.08. The second-order valence-corrected chi connectivity index (χ2v) is 6.66. The highest BCUT2D eigenvalue weighted by Crippen LogP contribution is 2.25. The molecule has 132 valence electrons. The van der Waals surface area contributed by atoms with Gasteiger partial charge in [-0.05, 0) is 25.7 Å². The van der Waals surface area contributed by atoms with E-state index in [2.05, 4.69) is 31.8 Å². The summed E-state index contributed by atoms with van der Waals surface area (Å²) in [6.07, 6.45) is 6.33. The minimum atomic E-state index is -0.963. The molecule has 2 aromatic heterocycles. The average molecular weight is 342 g/mol. The Bertz CT molecular complexity index is 821. The molecule has 8 nitrogen and oxygen atoms in total. The number of carboxylic acids is 1. The molecule has 0 fully saturated rings. The normalized spacial score (nSPS) is 18.8. The van der Waals surface area contributed by atoms with Crippen molar-refractivity contribution < 1.29 is 9.90 Å². The number of nitrogens with zero attached hydrogens (tertiary/aromatic N) is 5. The molecule has 2 aliphatic rings. The van der Waals surface area contributed by atoms with Gasteiger partial charge < -0.3 is 15.0 Å². The van der Waals surface area contributed by atoms with E-state index in [0.717, 1.165) is 55.1 Å². The zero-order valence-electron chi connectivity index (χ0n) is 14.1. The molecule has 0 saturated heterocycles. The molecular formula is C17H22N6O2. The van der Waals surface area contributed by atoms with Crippen molar-refractivity contribution in [3.8, 4) is 0 Å². The van der Waals surface area contributed by atoms with Gasteiger partial charge in [-0.3, -0.25) is 4.68 Å². The summed E-state index contributed by atoms with van der Waals surface area (Å²) >= 11 is 0. The molecule has 0 saturated carbocycles. The molecule has 4 rings (SSSR count). The van der Waals surface area contributed by atoms with E-state index in [-0.39, 0.29) is 11.7 Å². The van der Waals surface area contributed by atoms with E-state index >= 15 is 0 Å². The Morgan fingerprint density at radius 3 is 3.08 bits per heavy atom. The second kappa shape index (κ2) is 6.44. The van der Waals surface area contributed by atoms with Gasteiger partial charge in [-0.1, -0.05) is 6.08 Å². The van der Waals surface area contributed by atoms with Gasteiger partial charge in [-0.2, -0.15) is 5.10 Å². The minimum absolute atomic E-state index is 0.173. The molecule has 3 heterocycles. The molecule has 1 unspecified atom stereocenters. The van der Waals surface area contributed by atoms with Gasteiger partial charge in [0.1, 0.15) is 11.6 Å². The van der Waals surface area contributed by atoms with Crippen LogP contribution in [0.15, 0.2) is 12.7 Å². The van der Waals surface area contributed by atoms with Crippen molar-refractivity contribution in [3.05, 3.63) is 41.3 Å². The number of aryl methyl sites for hydroxylation is 1. The van der Waals surface area contributed by atoms with Gasteiger partial charge in [0.15, 0.2) is 5.69 Å². The van der Waals surface area contributed by atoms with E-state index < -0.39 is 5.97 Å². The molecule has 0 bridgehead atoms. The highest BCUT2D eigenvalue weighted by atomic mass is 16.4. The molecule has 1 aliphatic heterocycles. The zero-order chi connectivity index (χ0) is 17.4. The maximum atomic E-state index is 11.5. The van der Waals surface area contributed by atoms with Gasteiger partial charge in [-0.15, -0.1) is 16.8 Å². The Labute approximate surface area is 145 Å². The van der Waals surface area contributed by atoms with Crippen molar-refractivity contribution in [2.75, 3.05) is 0 Å². The van der Waals surface area contributed by atoms with Crippen molar-refractivity contribution in [3.63, 3.8) is 0 Å². The standard InChI is InChI=1S/C17H22N6O2/c1-2-7-23-13-6-5-11(9-12(13)16(21-23)17(24)25)18-10-15-20-19-14-4-3-8-22(14)15/h2,11,18H,1,3-10H2,(H,24,25). The summed E-state index contributed by atoms with van der Waals surface area (Å²) < 4.78 is 3.96. The first-order chi connectivity index (χ1) is 12.2. The molecule has 8 heteroatoms. The topological polar surface area (TPSA) is 97.9 Å². The number of aromatic carboxylic acids is 1. The largest absolute Gasteiger partial charge is 0.476 e. The van der Waals surface area contributed by atoms with Crippen molar-refractivity contribution in [1.82, 2.24) is 29.9 Å². The number of hydrogen-bond acceptors (Lipinski definition) is 5. The Balaban J connectivity index is 1.48. The zero-order valence-corrected chi connectivity index (χ0v) is 14.1. The van der Waals surface area contributed by atoms with Crippen LogP contribution < -0.4 is 5.32 Å². The number of carboxylic acid groups (broad SMARTS) is 1. The number of rotatable bonds is 6. The summed E-state index contributed by atoms with van der Waals surface area (Å²) in [5.41, 5.74) is 2.05. The number of aromatic nitrogens is 5. The number of nitrogens with one attached hydrogen (secondary N) is 1. The quantitative estimate of drug-likeness (QED) is 0.759. The fraction of sp³-hybridized carbons (Fsp3) is 0.529. The van der Waals surface area contributed by atoms with E-state index in [1.54, 1.807) is 10.8 Å². The Morgan fingerprint density at radius 1 is 1.40 bits per heavy atom. The van der Waals surface area contributed by atoms with E-state index in [9.17, 15) is 9.90 Å². The average Bonchev–Trinajstić information content (AvgIpc) is 3.28. The summed E-state index contributed by atoms with van der Waals surface area (Å²) in [5, 5.41) is 25.7. The monoisotopic (exact) mass is 342 g/mol. The highest BCUT2D eigenvalue weighted by Gasteiger charge is 2.29. The summed E-state index contributed by atoms with van der Waals surface area (Å²) in [4.78, 5) is 11.5. The smallest absolute Gasteiger partial charge is 0.356 e. The van der Waals surface area contributed by atoms with Crippen molar-refractivity contribution >= 4 is 5.97 Å². The first kappa shape index (κ1) is 16.0. The molecule has 0 spiro atoms. The van der Waals surface area contributed by atoms with Crippen LogP contribution in [0.5, 0.6) is 0 Å². The van der Waals surface area contributed by atoms with Gasteiger partial charge >= 0.3 is 5.97 Å². The Hall–Kier alpha value is -2.48. The van der Waals surface area contributed by atoms with Crippen LogP contribution in [-0.4, -0.2) is 41.7 Å². The highest BCUT2D eigenvalue weighted by molar-refractivity contribution is 5.87. The predicted octanol–water partition coefficient (Wildman–Crippen LogP) is 0.952. The van der Waals surface area contributed by atoms with Gasteiger partial charge in [0.05, 0.1) is 13.1 Å². The maximum Gasteiger partial charge on any atom is 0.356 e. The first-order valence-electron chi connectivity index (χ1n) is 8.74. The van der Waals surface area contributed by atoms with Crippen LogP contribution in [0.4, 0.5) is 0 Å². The number of carbonyl (C=O) groups is 1. The third-order valence-corrected chi connectivity index (χ3v) is 5.09. The van der Waals surface area contributed by atoms with Crippen LogP contribution in [0.1, 0.15) is 46.2 Å². The van der Waals surface area contributed by atoms with Crippen molar-refractivity contribution in [2.24, 2.45) is 0 Å². The number of fused-ring (bicyclic) bond motifs is 2. The molecule has 0 amide bonds. The van der Waals surface area contributed by atoms with Gasteiger partial charge in [0, 0.05) is 30.3 Å². The third kappa shape index (κ3) is 2.86. The minimum Gasteiger partial charge on any atom is -0.476 e. The summed E-state index contributed by atoms with van der Waals surface area (Å²) in [6.45, 7) is 5.92. The summed E-state index contributed by atoms with van der Waals surface area (Å²) in [6, 6.07) is 0.223. The van der Waals surface area contributed by atoms with Crippen LogP contribution in [0.2, 0.25) is 0 Å². The molecule has 2 N–H and O–H groups in total. The molecule has 2 aromatic rings. The fourth-order valence-corrected chi connectivity index (χ4v) is 3.88. The predicted molar refractivity (Wildman–Crippen MR) is 90.4 cm³/mol. The van der Waals surface area contributed by atoms with Crippen molar-refractivity contribution in [2.45, 2.75) is 57.8 Å². The van der Waals surface area contributed by atoms with Crippen molar-refractivity contribution in [1.29, 1.82) is 0 Å². The molecular weight excluding hydrogens is 320 g/mol. The number of allylic oxidation sites excluding steroid dienone is 1. The van der Waals surface area contributed by atoms with E-state index in [1.807, 2.05) is 0 Å². The third-order valence-electron chi connectivity index (χ3n) is 5.09. The lowest BCUT2D eigenvalue weighted by Crippen LogP contribution is -2.35.